The molecule has 0 saturated carbocycles. The summed E-state index contributed by atoms with van der Waals surface area (Å²) in [6.45, 7) is 5.19. The first-order chi connectivity index (χ1) is 11.2. The number of hydrogen-bond donors (Lipinski definition) is 1. The number of piperidine rings is 1. The van der Waals surface area contributed by atoms with Crippen LogP contribution in [0.4, 0.5) is 4.79 Å². The van der Waals surface area contributed by atoms with E-state index in [-0.39, 0.29) is 18.5 Å². The molecule has 126 valence electrons. The van der Waals surface area contributed by atoms with E-state index < -0.39 is 0 Å². The first kappa shape index (κ1) is 16.2. The maximum atomic E-state index is 12.5. The SMILES string of the molecule is CCc1csc([C@H]2CCCN(C(=O)CN3CCCNC3=O)C2)n1. The molecule has 0 unspecified atom stereocenters. The van der Waals surface area contributed by atoms with Crippen molar-refractivity contribution in [2.45, 2.75) is 38.5 Å². The smallest absolute Gasteiger partial charge is 0.317 e. The lowest BCUT2D eigenvalue weighted by molar-refractivity contribution is -0.133. The maximum Gasteiger partial charge on any atom is 0.317 e. The fourth-order valence-electron chi connectivity index (χ4n) is 3.17. The van der Waals surface area contributed by atoms with Crippen molar-refractivity contribution in [3.8, 4) is 0 Å². The van der Waals surface area contributed by atoms with Gasteiger partial charge in [0.1, 0.15) is 6.54 Å². The van der Waals surface area contributed by atoms with Crippen LogP contribution in [-0.2, 0) is 11.2 Å². The molecule has 3 rings (SSSR count). The molecule has 3 heterocycles. The number of rotatable bonds is 4. The van der Waals surface area contributed by atoms with Crippen LogP contribution in [0.3, 0.4) is 0 Å². The first-order valence-electron chi connectivity index (χ1n) is 8.42. The van der Waals surface area contributed by atoms with Crippen molar-refractivity contribution in [3.63, 3.8) is 0 Å². The number of nitrogens with one attached hydrogen (secondary N) is 1. The topological polar surface area (TPSA) is 65.5 Å². The lowest BCUT2D eigenvalue weighted by atomic mass is 9.98. The Hall–Kier alpha value is -1.63. The molecule has 0 bridgehead atoms. The van der Waals surface area contributed by atoms with Crippen molar-refractivity contribution in [3.05, 3.63) is 16.1 Å². The minimum atomic E-state index is -0.120. The molecule has 2 aliphatic rings. The van der Waals surface area contributed by atoms with Crippen LogP contribution in [0, 0.1) is 0 Å². The van der Waals surface area contributed by atoms with Gasteiger partial charge in [0.15, 0.2) is 0 Å². The van der Waals surface area contributed by atoms with Gasteiger partial charge in [-0.25, -0.2) is 9.78 Å². The Morgan fingerprint density at radius 3 is 3.04 bits per heavy atom. The number of nitrogens with zero attached hydrogens (tertiary/aromatic N) is 3. The summed E-state index contributed by atoms with van der Waals surface area (Å²) in [6, 6.07) is -0.120. The summed E-state index contributed by atoms with van der Waals surface area (Å²) in [5.41, 5.74) is 1.14. The Bertz CT molecular complexity index is 574. The van der Waals surface area contributed by atoms with Crippen LogP contribution >= 0.6 is 11.3 Å². The number of hydrogen-bond acceptors (Lipinski definition) is 4. The zero-order valence-corrected chi connectivity index (χ0v) is 14.4. The van der Waals surface area contributed by atoms with Crippen molar-refractivity contribution in [1.82, 2.24) is 20.1 Å². The normalized spacial score (nSPS) is 22.1. The Kier molecular flexibility index (Phi) is 5.15. The second kappa shape index (κ2) is 7.29. The van der Waals surface area contributed by atoms with Crippen LogP contribution in [0.15, 0.2) is 5.38 Å². The fraction of sp³-hybridized carbons (Fsp3) is 0.688. The third-order valence-corrected chi connectivity index (χ3v) is 5.61. The Morgan fingerprint density at radius 1 is 1.43 bits per heavy atom. The summed E-state index contributed by atoms with van der Waals surface area (Å²) in [6.07, 6.45) is 3.95. The van der Waals surface area contributed by atoms with E-state index in [0.29, 0.717) is 19.0 Å². The highest BCUT2D eigenvalue weighted by molar-refractivity contribution is 7.09. The van der Waals surface area contributed by atoms with E-state index in [4.69, 9.17) is 0 Å². The summed E-state index contributed by atoms with van der Waals surface area (Å²) in [4.78, 5) is 32.5. The summed E-state index contributed by atoms with van der Waals surface area (Å²) >= 11 is 1.71. The van der Waals surface area contributed by atoms with Gasteiger partial charge in [-0.05, 0) is 25.7 Å². The van der Waals surface area contributed by atoms with Crippen LogP contribution in [-0.4, -0.2) is 59.4 Å². The highest BCUT2D eigenvalue weighted by Crippen LogP contribution is 2.29. The summed E-state index contributed by atoms with van der Waals surface area (Å²) in [5, 5.41) is 6.06. The molecule has 2 fully saturated rings. The number of aromatic nitrogens is 1. The van der Waals surface area contributed by atoms with Crippen LogP contribution in [0.25, 0.3) is 0 Å². The van der Waals surface area contributed by atoms with E-state index in [1.54, 1.807) is 16.2 Å². The standard InChI is InChI=1S/C16H24N4O2S/c1-2-13-11-23-15(18-13)12-5-3-7-19(9-12)14(21)10-20-8-4-6-17-16(20)22/h11-12H,2-10H2,1H3,(H,17,22)/t12-/m0/s1. The molecule has 0 aliphatic carbocycles. The monoisotopic (exact) mass is 336 g/mol. The molecule has 1 N–H and O–H groups in total. The van der Waals surface area contributed by atoms with E-state index in [1.165, 1.54) is 0 Å². The number of thiazole rings is 1. The molecule has 2 saturated heterocycles. The van der Waals surface area contributed by atoms with Gasteiger partial charge in [-0.1, -0.05) is 6.92 Å². The van der Waals surface area contributed by atoms with Crippen LogP contribution in [0.5, 0.6) is 0 Å². The van der Waals surface area contributed by atoms with Gasteiger partial charge in [0.2, 0.25) is 5.91 Å². The Labute approximate surface area is 140 Å². The van der Waals surface area contributed by atoms with Gasteiger partial charge in [-0.2, -0.15) is 0 Å². The lowest BCUT2D eigenvalue weighted by Crippen LogP contribution is -2.51. The van der Waals surface area contributed by atoms with Gasteiger partial charge >= 0.3 is 6.03 Å². The first-order valence-corrected chi connectivity index (χ1v) is 9.30. The summed E-state index contributed by atoms with van der Waals surface area (Å²) in [7, 11) is 0. The zero-order valence-electron chi connectivity index (χ0n) is 13.6. The largest absolute Gasteiger partial charge is 0.340 e. The molecule has 6 nitrogen and oxygen atoms in total. The molecule has 23 heavy (non-hydrogen) atoms. The van der Waals surface area contributed by atoms with Crippen molar-refractivity contribution < 1.29 is 9.59 Å². The summed E-state index contributed by atoms with van der Waals surface area (Å²) in [5.74, 6) is 0.396. The molecule has 1 aromatic rings. The van der Waals surface area contributed by atoms with Gasteiger partial charge in [-0.15, -0.1) is 11.3 Å². The number of carbonyl (C=O) groups is 2. The molecule has 0 radical (unpaired) electrons. The molecular formula is C16H24N4O2S. The van der Waals surface area contributed by atoms with Crippen molar-refractivity contribution in [2.24, 2.45) is 0 Å². The average Bonchev–Trinajstić information content (AvgIpc) is 3.06. The Morgan fingerprint density at radius 2 is 2.30 bits per heavy atom. The van der Waals surface area contributed by atoms with Gasteiger partial charge in [-0.3, -0.25) is 4.79 Å². The molecule has 2 aliphatic heterocycles. The third kappa shape index (κ3) is 3.83. The zero-order chi connectivity index (χ0) is 16.2. The second-order valence-electron chi connectivity index (χ2n) is 6.22. The number of urea groups is 1. The highest BCUT2D eigenvalue weighted by Gasteiger charge is 2.29. The Balaban J connectivity index is 1.59. The van der Waals surface area contributed by atoms with Gasteiger partial charge < -0.3 is 15.1 Å². The average molecular weight is 336 g/mol. The van der Waals surface area contributed by atoms with Crippen molar-refractivity contribution in [1.29, 1.82) is 0 Å². The van der Waals surface area contributed by atoms with Crippen molar-refractivity contribution >= 4 is 23.3 Å². The predicted octanol–water partition coefficient (Wildman–Crippen LogP) is 1.83. The van der Waals surface area contributed by atoms with Crippen LogP contribution in [0.2, 0.25) is 0 Å². The number of likely N-dealkylation sites (tertiary alicyclic amines) is 1. The van der Waals surface area contributed by atoms with Crippen LogP contribution in [0.1, 0.15) is 42.8 Å². The molecule has 0 spiro atoms. The molecule has 3 amide bonds. The van der Waals surface area contributed by atoms with Crippen molar-refractivity contribution in [2.75, 3.05) is 32.7 Å². The quantitative estimate of drug-likeness (QED) is 0.912. The number of amides is 3. The number of aryl methyl sites for hydroxylation is 1. The van der Waals surface area contributed by atoms with Crippen LogP contribution < -0.4 is 5.32 Å². The summed E-state index contributed by atoms with van der Waals surface area (Å²) < 4.78 is 0. The highest BCUT2D eigenvalue weighted by atomic mass is 32.1. The lowest BCUT2D eigenvalue weighted by Gasteiger charge is -2.34. The number of carbonyl (C=O) groups excluding carboxylic acids is 2. The molecule has 1 aromatic heterocycles. The van der Waals surface area contributed by atoms with E-state index in [1.807, 2.05) is 4.90 Å². The van der Waals surface area contributed by atoms with E-state index in [9.17, 15) is 9.59 Å². The minimum Gasteiger partial charge on any atom is -0.340 e. The van der Waals surface area contributed by atoms with Gasteiger partial charge in [0, 0.05) is 37.5 Å². The molecule has 0 aromatic carbocycles. The molecular weight excluding hydrogens is 312 g/mol. The van der Waals surface area contributed by atoms with Gasteiger partial charge in [0.05, 0.1) is 10.7 Å². The predicted molar refractivity (Wildman–Crippen MR) is 89.6 cm³/mol. The van der Waals surface area contributed by atoms with E-state index in [0.717, 1.165) is 49.5 Å². The fourth-order valence-corrected chi connectivity index (χ4v) is 4.20. The van der Waals surface area contributed by atoms with E-state index in [2.05, 4.69) is 22.6 Å². The third-order valence-electron chi connectivity index (χ3n) is 4.55. The minimum absolute atomic E-state index is 0.0546. The molecule has 7 heteroatoms. The van der Waals surface area contributed by atoms with E-state index >= 15 is 0 Å². The molecule has 1 atom stereocenters. The maximum absolute atomic E-state index is 12.5. The van der Waals surface area contributed by atoms with Gasteiger partial charge in [0.25, 0.3) is 0 Å². The second-order valence-corrected chi connectivity index (χ2v) is 7.11.